The molecule has 2 saturated carbocycles. The molecule has 0 aliphatic heterocycles. The van der Waals surface area contributed by atoms with Crippen molar-refractivity contribution in [1.29, 1.82) is 0 Å². The molecule has 1 unspecified atom stereocenters. The van der Waals surface area contributed by atoms with Crippen LogP contribution in [0.25, 0.3) is 0 Å². The minimum absolute atomic E-state index is 0.135. The first-order valence-corrected chi connectivity index (χ1v) is 12.8. The second-order valence-electron chi connectivity index (χ2n) is 10.9. The Balaban J connectivity index is 1.47. The van der Waals surface area contributed by atoms with Crippen LogP contribution in [0.2, 0.25) is 10.0 Å². The van der Waals surface area contributed by atoms with Crippen molar-refractivity contribution >= 4 is 29.2 Å². The fourth-order valence-electron chi connectivity index (χ4n) is 5.33. The van der Waals surface area contributed by atoms with Crippen molar-refractivity contribution in [3.8, 4) is 0 Å². The number of carbonyl (C=O) groups is 1. The van der Waals surface area contributed by atoms with Crippen molar-refractivity contribution in [2.24, 2.45) is 5.41 Å². The molecule has 2 aliphatic rings. The van der Waals surface area contributed by atoms with Crippen molar-refractivity contribution in [3.63, 3.8) is 0 Å². The van der Waals surface area contributed by atoms with Gasteiger partial charge in [-0.3, -0.25) is 9.69 Å². The Labute approximate surface area is 212 Å². The Hall–Kier alpha value is -1.82. The van der Waals surface area contributed by atoms with Crippen LogP contribution in [0.15, 0.2) is 35.1 Å². The zero-order chi connectivity index (χ0) is 24.7. The minimum Gasteiger partial charge on any atom is -0.456 e. The summed E-state index contributed by atoms with van der Waals surface area (Å²) in [6, 6.07) is 9.46. The van der Waals surface area contributed by atoms with Crippen LogP contribution in [0.1, 0.15) is 74.5 Å². The fourth-order valence-corrected chi connectivity index (χ4v) is 5.87. The molecule has 1 aromatic heterocycles. The van der Waals surface area contributed by atoms with Crippen LogP contribution in [0.4, 0.5) is 0 Å². The van der Waals surface area contributed by atoms with Gasteiger partial charge in [0.05, 0.1) is 16.3 Å². The first kappa shape index (κ1) is 25.3. The third kappa shape index (κ3) is 5.53. The Morgan fingerprint density at radius 1 is 1.15 bits per heavy atom. The highest BCUT2D eigenvalue weighted by molar-refractivity contribution is 6.34. The van der Waals surface area contributed by atoms with Crippen LogP contribution in [0.5, 0.6) is 0 Å². The predicted molar refractivity (Wildman–Crippen MR) is 137 cm³/mol. The zero-order valence-corrected chi connectivity index (χ0v) is 22.0. The molecular weight excluding hydrogens is 471 g/mol. The lowest BCUT2D eigenvalue weighted by atomic mass is 10.0. The van der Waals surface area contributed by atoms with Crippen molar-refractivity contribution < 1.29 is 9.53 Å². The molecule has 1 atom stereocenters. The maximum atomic E-state index is 12.9. The summed E-state index contributed by atoms with van der Waals surface area (Å²) >= 11 is 12.8. The fraction of sp³-hybridized carbons (Fsp3) is 0.556. The minimum atomic E-state index is -0.537. The average molecular weight is 505 g/mol. The van der Waals surface area contributed by atoms with Crippen molar-refractivity contribution in [2.45, 2.75) is 84.0 Å². The molecule has 2 aromatic rings. The number of aryl methyl sites for hydroxylation is 1. The van der Waals surface area contributed by atoms with E-state index in [0.717, 1.165) is 11.3 Å². The molecule has 0 bridgehead atoms. The normalized spacial score (nSPS) is 19.1. The van der Waals surface area contributed by atoms with E-state index in [0.29, 0.717) is 41.6 Å². The van der Waals surface area contributed by atoms with Crippen LogP contribution in [0, 0.1) is 5.41 Å². The van der Waals surface area contributed by atoms with E-state index in [1.54, 1.807) is 22.8 Å². The van der Waals surface area contributed by atoms with Gasteiger partial charge in [-0.15, -0.1) is 0 Å². The number of hydrogen-bond donors (Lipinski definition) is 0. The summed E-state index contributed by atoms with van der Waals surface area (Å²) in [6.07, 6.45) is 7.12. The number of aromatic nitrogens is 1. The molecule has 184 valence electrons. The monoisotopic (exact) mass is 504 g/mol. The molecule has 0 saturated heterocycles. The van der Waals surface area contributed by atoms with Crippen molar-refractivity contribution in [3.05, 3.63) is 67.6 Å². The third-order valence-electron chi connectivity index (χ3n) is 7.19. The lowest BCUT2D eigenvalue weighted by Gasteiger charge is -2.23. The number of pyridine rings is 1. The maximum Gasteiger partial charge on any atom is 0.338 e. The van der Waals surface area contributed by atoms with Gasteiger partial charge in [0.1, 0.15) is 10.6 Å². The summed E-state index contributed by atoms with van der Waals surface area (Å²) in [4.78, 5) is 27.6. The van der Waals surface area contributed by atoms with Crippen LogP contribution in [-0.2, 0) is 24.2 Å². The number of carbonyl (C=O) groups excluding carboxylic acids is 1. The first-order chi connectivity index (χ1) is 16.0. The van der Waals surface area contributed by atoms with Gasteiger partial charge in [-0.25, -0.2) is 4.79 Å². The van der Waals surface area contributed by atoms with Gasteiger partial charge in [0.15, 0.2) is 0 Å². The number of hydrogen-bond acceptors (Lipinski definition) is 4. The van der Waals surface area contributed by atoms with Crippen molar-refractivity contribution in [1.82, 2.24) is 9.47 Å². The maximum absolute atomic E-state index is 12.9. The smallest absolute Gasteiger partial charge is 0.338 e. The second kappa shape index (κ2) is 9.67. The highest BCUT2D eigenvalue weighted by atomic mass is 35.5. The highest BCUT2D eigenvalue weighted by Crippen LogP contribution is 2.60. The van der Waals surface area contributed by atoms with E-state index in [4.69, 9.17) is 27.9 Å². The van der Waals surface area contributed by atoms with Crippen LogP contribution >= 0.6 is 23.2 Å². The molecule has 1 aromatic carbocycles. The topological polar surface area (TPSA) is 51.5 Å². The van der Waals surface area contributed by atoms with E-state index in [1.165, 1.54) is 32.1 Å². The first-order valence-electron chi connectivity index (χ1n) is 12.1. The summed E-state index contributed by atoms with van der Waals surface area (Å²) in [6.45, 7) is 6.62. The number of benzene rings is 1. The molecule has 0 N–H and O–H groups in total. The SMILES string of the molecule is CN(Cc1c(Cl)cc(Cl)c(=O)n1CCc1ccc(C(=O)OC(C)(C)C)cc1)C1CC12CCCC2. The number of esters is 1. The summed E-state index contributed by atoms with van der Waals surface area (Å²) in [5.41, 5.74) is 2.06. The third-order valence-corrected chi connectivity index (χ3v) is 7.79. The number of halogens is 2. The molecule has 2 fully saturated rings. The molecule has 7 heteroatoms. The van der Waals surface area contributed by atoms with E-state index in [2.05, 4.69) is 11.9 Å². The van der Waals surface area contributed by atoms with Crippen LogP contribution in [0.3, 0.4) is 0 Å². The van der Waals surface area contributed by atoms with Gasteiger partial charge in [0.2, 0.25) is 0 Å². The van der Waals surface area contributed by atoms with Gasteiger partial charge < -0.3 is 9.30 Å². The molecule has 0 radical (unpaired) electrons. The zero-order valence-electron chi connectivity index (χ0n) is 20.5. The van der Waals surface area contributed by atoms with Gasteiger partial charge in [0, 0.05) is 19.1 Å². The Morgan fingerprint density at radius 2 is 1.79 bits per heavy atom. The molecule has 34 heavy (non-hydrogen) atoms. The van der Waals surface area contributed by atoms with E-state index in [-0.39, 0.29) is 16.6 Å². The lowest BCUT2D eigenvalue weighted by molar-refractivity contribution is 0.00695. The van der Waals surface area contributed by atoms with Gasteiger partial charge in [-0.05, 0) is 82.7 Å². The quantitative estimate of drug-likeness (QED) is 0.426. The Kier molecular flexibility index (Phi) is 7.19. The van der Waals surface area contributed by atoms with E-state index >= 15 is 0 Å². The molecule has 2 aliphatic carbocycles. The van der Waals surface area contributed by atoms with E-state index in [9.17, 15) is 9.59 Å². The molecule has 4 rings (SSSR count). The summed E-state index contributed by atoms with van der Waals surface area (Å²) < 4.78 is 7.14. The number of ether oxygens (including phenoxy) is 1. The highest BCUT2D eigenvalue weighted by Gasteiger charge is 2.56. The Morgan fingerprint density at radius 3 is 2.41 bits per heavy atom. The second-order valence-corrected chi connectivity index (χ2v) is 11.7. The Bertz CT molecular complexity index is 1110. The van der Waals surface area contributed by atoms with Gasteiger partial charge >= 0.3 is 5.97 Å². The standard InChI is InChI=1S/C27H34Cl2N2O3/c1-26(2,3)34-25(33)19-9-7-18(8-10-19)11-14-31-22(20(28)15-21(29)24(31)32)17-30(4)23-16-27(23)12-5-6-13-27/h7-10,15,23H,5-6,11-14,16-17H2,1-4H3. The molecular formula is C27H34Cl2N2O3. The average Bonchev–Trinajstić information content (AvgIpc) is 3.27. The van der Waals surface area contributed by atoms with Crippen molar-refractivity contribution in [2.75, 3.05) is 7.05 Å². The molecule has 1 heterocycles. The molecule has 1 spiro atoms. The van der Waals surface area contributed by atoms with Crippen LogP contribution < -0.4 is 5.56 Å². The van der Waals surface area contributed by atoms with E-state index < -0.39 is 5.60 Å². The lowest BCUT2D eigenvalue weighted by Crippen LogP contribution is -2.31. The summed E-state index contributed by atoms with van der Waals surface area (Å²) in [5.74, 6) is -0.345. The van der Waals surface area contributed by atoms with Crippen LogP contribution in [-0.4, -0.2) is 34.1 Å². The summed E-state index contributed by atoms with van der Waals surface area (Å²) in [7, 11) is 2.13. The number of nitrogens with zero attached hydrogens (tertiary/aromatic N) is 2. The van der Waals surface area contributed by atoms with E-state index in [1.807, 2.05) is 32.9 Å². The largest absolute Gasteiger partial charge is 0.456 e. The van der Waals surface area contributed by atoms with Gasteiger partial charge in [-0.1, -0.05) is 48.2 Å². The van der Waals surface area contributed by atoms with Gasteiger partial charge in [0.25, 0.3) is 5.56 Å². The predicted octanol–water partition coefficient (Wildman–Crippen LogP) is 6.12. The number of rotatable bonds is 7. The molecule has 5 nitrogen and oxygen atoms in total. The molecule has 0 amide bonds. The van der Waals surface area contributed by atoms with Gasteiger partial charge in [-0.2, -0.15) is 0 Å². The summed E-state index contributed by atoms with van der Waals surface area (Å²) in [5, 5.41) is 0.660.